The Bertz CT molecular complexity index is 633. The number of nitrogens with one attached hydrogen (secondary N) is 2. The second-order valence-corrected chi connectivity index (χ2v) is 5.63. The van der Waals surface area contributed by atoms with Crippen molar-refractivity contribution in [3.05, 3.63) is 48.6 Å². The third kappa shape index (κ3) is 3.89. The Morgan fingerprint density at radius 2 is 1.29 bits per heavy atom. The van der Waals surface area contributed by atoms with Crippen molar-refractivity contribution in [1.29, 1.82) is 0 Å². The molecule has 8 heteroatoms. The first-order chi connectivity index (χ1) is 11.7. The second-order valence-electron chi connectivity index (χ2n) is 5.63. The Morgan fingerprint density at radius 3 is 1.67 bits per heavy atom. The van der Waals surface area contributed by atoms with Crippen molar-refractivity contribution in [3.63, 3.8) is 0 Å². The lowest BCUT2D eigenvalue weighted by Crippen LogP contribution is -2.53. The van der Waals surface area contributed by atoms with Crippen LogP contribution >= 0.6 is 0 Å². The summed E-state index contributed by atoms with van der Waals surface area (Å²) in [6.45, 7) is 0. The highest BCUT2D eigenvalue weighted by Gasteiger charge is 2.28. The fourth-order valence-electron chi connectivity index (χ4n) is 2.81. The normalized spacial score (nSPS) is 20.2. The van der Waals surface area contributed by atoms with Crippen molar-refractivity contribution in [2.45, 2.75) is 37.8 Å². The molecule has 0 aliphatic heterocycles. The SMILES string of the molecule is O=C(N[C@H]1CCCC[C@@H]1NC(=O)c1ccncn1)c1ccncn1. The summed E-state index contributed by atoms with van der Waals surface area (Å²) in [5.74, 6) is -0.517. The van der Waals surface area contributed by atoms with Gasteiger partial charge in [-0.15, -0.1) is 0 Å². The van der Waals surface area contributed by atoms with Gasteiger partial charge >= 0.3 is 0 Å². The molecule has 0 spiro atoms. The van der Waals surface area contributed by atoms with Crippen LogP contribution in [0.1, 0.15) is 46.7 Å². The van der Waals surface area contributed by atoms with E-state index in [-0.39, 0.29) is 23.9 Å². The molecule has 1 aliphatic carbocycles. The van der Waals surface area contributed by atoms with E-state index in [1.54, 1.807) is 12.1 Å². The summed E-state index contributed by atoms with van der Waals surface area (Å²) in [5, 5.41) is 5.93. The fraction of sp³-hybridized carbons (Fsp3) is 0.375. The van der Waals surface area contributed by atoms with Crippen LogP contribution in [-0.2, 0) is 0 Å². The number of carbonyl (C=O) groups excluding carboxylic acids is 2. The summed E-state index contributed by atoms with van der Waals surface area (Å²) >= 11 is 0. The first-order valence-corrected chi connectivity index (χ1v) is 7.88. The van der Waals surface area contributed by atoms with E-state index in [0.29, 0.717) is 11.4 Å². The molecule has 1 aliphatic rings. The molecule has 2 atom stereocenters. The predicted octanol–water partition coefficient (Wildman–Crippen LogP) is 0.738. The highest BCUT2D eigenvalue weighted by Crippen LogP contribution is 2.19. The maximum atomic E-state index is 12.3. The first kappa shape index (κ1) is 16.0. The van der Waals surface area contributed by atoms with Gasteiger partial charge in [-0.1, -0.05) is 12.8 Å². The van der Waals surface area contributed by atoms with Crippen molar-refractivity contribution in [3.8, 4) is 0 Å². The zero-order valence-corrected chi connectivity index (χ0v) is 13.1. The van der Waals surface area contributed by atoms with Crippen LogP contribution in [0.3, 0.4) is 0 Å². The van der Waals surface area contributed by atoms with Crippen molar-refractivity contribution in [2.75, 3.05) is 0 Å². The summed E-state index contributed by atoms with van der Waals surface area (Å²) in [5.41, 5.74) is 0.632. The van der Waals surface area contributed by atoms with Crippen LogP contribution in [0.4, 0.5) is 0 Å². The monoisotopic (exact) mass is 326 g/mol. The number of hydrogen-bond acceptors (Lipinski definition) is 6. The lowest BCUT2D eigenvalue weighted by Gasteiger charge is -2.32. The molecule has 124 valence electrons. The molecule has 8 nitrogen and oxygen atoms in total. The van der Waals surface area contributed by atoms with Gasteiger partial charge < -0.3 is 10.6 Å². The number of amides is 2. The minimum atomic E-state index is -0.259. The maximum absolute atomic E-state index is 12.3. The van der Waals surface area contributed by atoms with Crippen LogP contribution in [0.5, 0.6) is 0 Å². The minimum absolute atomic E-state index is 0.132. The molecule has 2 aromatic heterocycles. The second kappa shape index (κ2) is 7.58. The summed E-state index contributed by atoms with van der Waals surface area (Å²) in [6.07, 6.45) is 9.36. The Morgan fingerprint density at radius 1 is 0.833 bits per heavy atom. The summed E-state index contributed by atoms with van der Waals surface area (Å²) < 4.78 is 0. The Hall–Kier alpha value is -2.90. The zero-order valence-electron chi connectivity index (χ0n) is 13.1. The van der Waals surface area contributed by atoms with Gasteiger partial charge in [-0.2, -0.15) is 0 Å². The van der Waals surface area contributed by atoms with E-state index in [4.69, 9.17) is 0 Å². The van der Waals surface area contributed by atoms with Crippen LogP contribution in [-0.4, -0.2) is 43.8 Å². The van der Waals surface area contributed by atoms with Crippen LogP contribution in [0.25, 0.3) is 0 Å². The number of aromatic nitrogens is 4. The molecule has 1 fully saturated rings. The molecule has 1 saturated carbocycles. The van der Waals surface area contributed by atoms with Gasteiger partial charge in [0.15, 0.2) is 0 Å². The van der Waals surface area contributed by atoms with Crippen LogP contribution in [0.2, 0.25) is 0 Å². The van der Waals surface area contributed by atoms with Gasteiger partial charge in [0.2, 0.25) is 0 Å². The number of rotatable bonds is 4. The average molecular weight is 326 g/mol. The van der Waals surface area contributed by atoms with Crippen molar-refractivity contribution in [1.82, 2.24) is 30.6 Å². The van der Waals surface area contributed by atoms with Gasteiger partial charge in [0.05, 0.1) is 0 Å². The first-order valence-electron chi connectivity index (χ1n) is 7.88. The van der Waals surface area contributed by atoms with Crippen LogP contribution in [0, 0.1) is 0 Å². The standard InChI is InChI=1S/C16H18N6O2/c23-15(13-5-7-17-9-19-13)21-11-3-1-2-4-12(11)22-16(24)14-6-8-18-10-20-14/h5-12H,1-4H2,(H,21,23)(H,22,24)/t11-,12-/m0/s1. The lowest BCUT2D eigenvalue weighted by molar-refractivity contribution is 0.0857. The number of hydrogen-bond donors (Lipinski definition) is 2. The Balaban J connectivity index is 1.65. The molecule has 0 unspecified atom stereocenters. The van der Waals surface area contributed by atoms with Gasteiger partial charge in [-0.25, -0.2) is 19.9 Å². The zero-order chi connectivity index (χ0) is 16.8. The van der Waals surface area contributed by atoms with E-state index < -0.39 is 0 Å². The smallest absolute Gasteiger partial charge is 0.270 e. The van der Waals surface area contributed by atoms with E-state index in [1.807, 2.05) is 0 Å². The molecule has 2 heterocycles. The van der Waals surface area contributed by atoms with Crippen LogP contribution < -0.4 is 10.6 Å². The maximum Gasteiger partial charge on any atom is 0.270 e. The molecule has 2 amide bonds. The summed E-state index contributed by atoms with van der Waals surface area (Å²) in [4.78, 5) is 40.1. The largest absolute Gasteiger partial charge is 0.346 e. The van der Waals surface area contributed by atoms with Gasteiger partial charge in [-0.3, -0.25) is 9.59 Å². The van der Waals surface area contributed by atoms with Gasteiger partial charge in [-0.05, 0) is 25.0 Å². The Labute approximate surface area is 139 Å². The highest BCUT2D eigenvalue weighted by atomic mass is 16.2. The quantitative estimate of drug-likeness (QED) is 0.857. The highest BCUT2D eigenvalue weighted by molar-refractivity contribution is 5.93. The van der Waals surface area contributed by atoms with Gasteiger partial charge in [0.25, 0.3) is 11.8 Å². The molecular formula is C16H18N6O2. The molecule has 2 aromatic rings. The fourth-order valence-corrected chi connectivity index (χ4v) is 2.81. The van der Waals surface area contributed by atoms with Crippen molar-refractivity contribution < 1.29 is 9.59 Å². The third-order valence-electron chi connectivity index (χ3n) is 4.03. The van der Waals surface area contributed by atoms with E-state index in [2.05, 4.69) is 30.6 Å². The summed E-state index contributed by atoms with van der Waals surface area (Å²) in [7, 11) is 0. The average Bonchev–Trinajstić information content (AvgIpc) is 2.64. The molecule has 24 heavy (non-hydrogen) atoms. The molecule has 0 radical (unpaired) electrons. The van der Waals surface area contributed by atoms with E-state index in [9.17, 15) is 9.59 Å². The van der Waals surface area contributed by atoms with E-state index in [1.165, 1.54) is 25.0 Å². The van der Waals surface area contributed by atoms with Gasteiger partial charge in [0.1, 0.15) is 24.0 Å². The summed E-state index contributed by atoms with van der Waals surface area (Å²) in [6, 6.07) is 2.86. The van der Waals surface area contributed by atoms with Gasteiger partial charge in [0, 0.05) is 24.5 Å². The molecule has 0 aromatic carbocycles. The van der Waals surface area contributed by atoms with Crippen molar-refractivity contribution in [2.24, 2.45) is 0 Å². The molecule has 0 bridgehead atoms. The van der Waals surface area contributed by atoms with E-state index >= 15 is 0 Å². The van der Waals surface area contributed by atoms with Crippen molar-refractivity contribution >= 4 is 11.8 Å². The molecule has 2 N–H and O–H groups in total. The number of nitrogens with zero attached hydrogens (tertiary/aromatic N) is 4. The Kier molecular flexibility index (Phi) is 5.05. The predicted molar refractivity (Wildman–Crippen MR) is 85.0 cm³/mol. The molecular weight excluding hydrogens is 308 g/mol. The molecule has 3 rings (SSSR count). The lowest BCUT2D eigenvalue weighted by atomic mass is 9.90. The van der Waals surface area contributed by atoms with Crippen LogP contribution in [0.15, 0.2) is 37.2 Å². The minimum Gasteiger partial charge on any atom is -0.346 e. The third-order valence-corrected chi connectivity index (χ3v) is 4.03. The molecule has 0 saturated heterocycles. The van der Waals surface area contributed by atoms with E-state index in [0.717, 1.165) is 25.7 Å². The topological polar surface area (TPSA) is 110 Å². The number of carbonyl (C=O) groups is 2.